The van der Waals surface area contributed by atoms with Crippen LogP contribution in [0.2, 0.25) is 0 Å². The van der Waals surface area contributed by atoms with E-state index in [9.17, 15) is 4.79 Å². The molecule has 3 heteroatoms. The Morgan fingerprint density at radius 2 is 1.47 bits per heavy atom. The number of carbonyl (C=O) groups is 1. The van der Waals surface area contributed by atoms with Crippen molar-refractivity contribution in [3.05, 3.63) is 0 Å². The van der Waals surface area contributed by atoms with Crippen LogP contribution in [0, 0.1) is 0 Å². The summed E-state index contributed by atoms with van der Waals surface area (Å²) in [7, 11) is 0. The molecule has 1 atom stereocenters. The van der Waals surface area contributed by atoms with Crippen LogP contribution in [0.4, 0.5) is 0 Å². The summed E-state index contributed by atoms with van der Waals surface area (Å²) < 4.78 is 5.00. The summed E-state index contributed by atoms with van der Waals surface area (Å²) in [4.78, 5) is 11.0. The van der Waals surface area contributed by atoms with E-state index in [1.807, 2.05) is 0 Å². The first-order valence-corrected chi connectivity index (χ1v) is 7.10. The van der Waals surface area contributed by atoms with Crippen LogP contribution in [-0.2, 0) is 9.53 Å². The predicted octanol–water partition coefficient (Wildman–Crippen LogP) is 3.41. The normalized spacial score (nSPS) is 12.4. The van der Waals surface area contributed by atoms with Crippen LogP contribution < -0.4 is 5.73 Å². The highest BCUT2D eigenvalue weighted by atomic mass is 16.5. The average molecular weight is 243 g/mol. The van der Waals surface area contributed by atoms with E-state index in [4.69, 9.17) is 10.5 Å². The Balaban J connectivity index is 3.06. The standard InChI is InChI=1S/C14H29NO2/c1-3-4-5-6-7-8-9-10-11-12-17-14(16)13(2)15/h13H,3-12,15H2,1-2H3. The zero-order valence-electron chi connectivity index (χ0n) is 11.5. The second-order valence-corrected chi connectivity index (χ2v) is 4.78. The number of unbranched alkanes of at least 4 members (excludes halogenated alkanes) is 8. The average Bonchev–Trinajstić information content (AvgIpc) is 2.31. The molecule has 0 saturated heterocycles. The number of nitrogens with two attached hydrogens (primary N) is 1. The molecular formula is C14H29NO2. The third-order valence-electron chi connectivity index (χ3n) is 2.86. The van der Waals surface area contributed by atoms with Crippen molar-refractivity contribution in [3.63, 3.8) is 0 Å². The van der Waals surface area contributed by atoms with Gasteiger partial charge in [-0.3, -0.25) is 4.79 Å². The Morgan fingerprint density at radius 1 is 1.00 bits per heavy atom. The fraction of sp³-hybridized carbons (Fsp3) is 0.929. The van der Waals surface area contributed by atoms with Crippen LogP contribution >= 0.6 is 0 Å². The maximum Gasteiger partial charge on any atom is 0.322 e. The van der Waals surface area contributed by atoms with Crippen molar-refractivity contribution in [3.8, 4) is 0 Å². The van der Waals surface area contributed by atoms with E-state index in [0.717, 1.165) is 12.8 Å². The number of ether oxygens (including phenoxy) is 1. The minimum Gasteiger partial charge on any atom is -0.465 e. The van der Waals surface area contributed by atoms with E-state index >= 15 is 0 Å². The number of hydrogen-bond donors (Lipinski definition) is 1. The van der Waals surface area contributed by atoms with Gasteiger partial charge in [0.15, 0.2) is 0 Å². The van der Waals surface area contributed by atoms with Crippen molar-refractivity contribution in [1.29, 1.82) is 0 Å². The van der Waals surface area contributed by atoms with Gasteiger partial charge in [0.2, 0.25) is 0 Å². The zero-order valence-corrected chi connectivity index (χ0v) is 11.5. The van der Waals surface area contributed by atoms with Gasteiger partial charge in [-0.25, -0.2) is 0 Å². The minimum atomic E-state index is -0.492. The Bertz CT molecular complexity index is 181. The van der Waals surface area contributed by atoms with Crippen LogP contribution in [0.15, 0.2) is 0 Å². The number of rotatable bonds is 11. The molecule has 0 heterocycles. The molecule has 0 aromatic carbocycles. The monoisotopic (exact) mass is 243 g/mol. The van der Waals surface area contributed by atoms with Crippen molar-refractivity contribution >= 4 is 5.97 Å². The Hall–Kier alpha value is -0.570. The predicted molar refractivity (Wildman–Crippen MR) is 71.8 cm³/mol. The summed E-state index contributed by atoms with van der Waals surface area (Å²) in [6.07, 6.45) is 11.5. The molecule has 0 saturated carbocycles. The fourth-order valence-electron chi connectivity index (χ4n) is 1.72. The summed E-state index contributed by atoms with van der Waals surface area (Å²) in [6.45, 7) is 4.42. The van der Waals surface area contributed by atoms with E-state index in [1.165, 1.54) is 44.9 Å². The molecule has 0 aliphatic carbocycles. The molecular weight excluding hydrogens is 214 g/mol. The maximum atomic E-state index is 11.0. The lowest BCUT2D eigenvalue weighted by atomic mass is 10.1. The molecule has 1 unspecified atom stereocenters. The molecule has 0 fully saturated rings. The number of hydrogen-bond acceptors (Lipinski definition) is 3. The third kappa shape index (κ3) is 11.7. The highest BCUT2D eigenvalue weighted by Crippen LogP contribution is 2.09. The van der Waals surface area contributed by atoms with Gasteiger partial charge < -0.3 is 10.5 Å². The fourth-order valence-corrected chi connectivity index (χ4v) is 1.72. The van der Waals surface area contributed by atoms with Gasteiger partial charge in [0.1, 0.15) is 6.04 Å². The molecule has 0 aliphatic heterocycles. The molecule has 0 amide bonds. The smallest absolute Gasteiger partial charge is 0.322 e. The van der Waals surface area contributed by atoms with Crippen molar-refractivity contribution < 1.29 is 9.53 Å². The molecule has 0 aromatic heterocycles. The molecule has 17 heavy (non-hydrogen) atoms. The largest absolute Gasteiger partial charge is 0.465 e. The van der Waals surface area contributed by atoms with Crippen molar-refractivity contribution in [2.45, 2.75) is 77.7 Å². The first kappa shape index (κ1) is 16.4. The lowest BCUT2D eigenvalue weighted by molar-refractivity contribution is -0.144. The second-order valence-electron chi connectivity index (χ2n) is 4.78. The Kier molecular flexibility index (Phi) is 11.5. The van der Waals surface area contributed by atoms with Gasteiger partial charge in [0, 0.05) is 0 Å². The molecule has 2 N–H and O–H groups in total. The first-order valence-electron chi connectivity index (χ1n) is 7.10. The van der Waals surface area contributed by atoms with Crippen LogP contribution in [0.25, 0.3) is 0 Å². The highest BCUT2D eigenvalue weighted by Gasteiger charge is 2.07. The number of esters is 1. The zero-order chi connectivity index (χ0) is 12.9. The van der Waals surface area contributed by atoms with Gasteiger partial charge >= 0.3 is 5.97 Å². The van der Waals surface area contributed by atoms with E-state index in [0.29, 0.717) is 6.61 Å². The topological polar surface area (TPSA) is 52.3 Å². The molecule has 3 nitrogen and oxygen atoms in total. The van der Waals surface area contributed by atoms with E-state index in [2.05, 4.69) is 6.92 Å². The molecule has 0 radical (unpaired) electrons. The Morgan fingerprint density at radius 3 is 1.94 bits per heavy atom. The van der Waals surface area contributed by atoms with Crippen LogP contribution in [0.5, 0.6) is 0 Å². The summed E-state index contributed by atoms with van der Waals surface area (Å²) >= 11 is 0. The lowest BCUT2D eigenvalue weighted by Gasteiger charge is -2.06. The van der Waals surface area contributed by atoms with Gasteiger partial charge in [-0.2, -0.15) is 0 Å². The van der Waals surface area contributed by atoms with Crippen molar-refractivity contribution in [2.24, 2.45) is 5.73 Å². The number of carbonyl (C=O) groups excluding carboxylic acids is 1. The van der Waals surface area contributed by atoms with Gasteiger partial charge in [-0.05, 0) is 13.3 Å². The van der Waals surface area contributed by atoms with Gasteiger partial charge in [0.05, 0.1) is 6.61 Å². The van der Waals surface area contributed by atoms with Crippen molar-refractivity contribution in [1.82, 2.24) is 0 Å². The molecule has 0 rings (SSSR count). The molecule has 0 aromatic rings. The molecule has 0 spiro atoms. The maximum absolute atomic E-state index is 11.0. The summed E-state index contributed by atoms with van der Waals surface area (Å²) in [6, 6.07) is -0.492. The van der Waals surface area contributed by atoms with E-state index < -0.39 is 6.04 Å². The van der Waals surface area contributed by atoms with Crippen LogP contribution in [0.3, 0.4) is 0 Å². The minimum absolute atomic E-state index is 0.287. The van der Waals surface area contributed by atoms with Gasteiger partial charge in [-0.15, -0.1) is 0 Å². The Labute approximate surface area is 106 Å². The SMILES string of the molecule is CCCCCCCCCCCOC(=O)C(C)N. The van der Waals surface area contributed by atoms with Gasteiger partial charge in [-0.1, -0.05) is 58.3 Å². The van der Waals surface area contributed by atoms with Crippen LogP contribution in [-0.4, -0.2) is 18.6 Å². The quantitative estimate of drug-likeness (QED) is 0.447. The summed E-state index contributed by atoms with van der Waals surface area (Å²) in [5.41, 5.74) is 5.38. The molecule has 102 valence electrons. The first-order chi connectivity index (χ1) is 8.18. The van der Waals surface area contributed by atoms with E-state index in [-0.39, 0.29) is 5.97 Å². The van der Waals surface area contributed by atoms with E-state index in [1.54, 1.807) is 6.92 Å². The molecule has 0 bridgehead atoms. The van der Waals surface area contributed by atoms with Crippen molar-refractivity contribution in [2.75, 3.05) is 6.61 Å². The third-order valence-corrected chi connectivity index (χ3v) is 2.86. The lowest BCUT2D eigenvalue weighted by Crippen LogP contribution is -2.28. The summed E-state index contributed by atoms with van der Waals surface area (Å²) in [5, 5.41) is 0. The van der Waals surface area contributed by atoms with Crippen LogP contribution in [0.1, 0.15) is 71.6 Å². The van der Waals surface area contributed by atoms with Gasteiger partial charge in [0.25, 0.3) is 0 Å². The summed E-state index contributed by atoms with van der Waals surface area (Å²) in [5.74, 6) is -0.287. The molecule has 0 aliphatic rings. The second kappa shape index (κ2) is 11.9. The highest BCUT2D eigenvalue weighted by molar-refractivity contribution is 5.74.